The number of rotatable bonds is 10. The zero-order valence-electron chi connectivity index (χ0n) is 20.0. The van der Waals surface area contributed by atoms with Gasteiger partial charge in [0.15, 0.2) is 0 Å². The molecule has 0 unspecified atom stereocenters. The first-order chi connectivity index (χ1) is 17.0. The van der Waals surface area contributed by atoms with E-state index in [1.165, 1.54) is 0 Å². The molecular weight excluding hydrogens is 442 g/mol. The van der Waals surface area contributed by atoms with Crippen molar-refractivity contribution >= 4 is 28.3 Å². The zero-order chi connectivity index (χ0) is 24.6. The number of aromatic nitrogens is 2. The fourth-order valence-corrected chi connectivity index (χ4v) is 3.62. The molecule has 0 spiro atoms. The van der Waals surface area contributed by atoms with Crippen LogP contribution in [0.3, 0.4) is 0 Å². The Bertz CT molecular complexity index is 1300. The third-order valence-electron chi connectivity index (χ3n) is 5.53. The molecular formula is C27H29N5O3. The topological polar surface area (TPSA) is 100 Å². The van der Waals surface area contributed by atoms with Crippen molar-refractivity contribution in [3.63, 3.8) is 0 Å². The zero-order valence-corrected chi connectivity index (χ0v) is 20.0. The summed E-state index contributed by atoms with van der Waals surface area (Å²) >= 11 is 0. The molecule has 2 amide bonds. The molecule has 0 bridgehead atoms. The number of aryl methyl sites for hydroxylation is 1. The number of carbonyl (C=O) groups excluding carboxylic acids is 2. The lowest BCUT2D eigenvalue weighted by atomic mass is 10.1. The highest BCUT2D eigenvalue weighted by Gasteiger charge is 2.12. The molecule has 0 atom stereocenters. The Morgan fingerprint density at radius 1 is 0.943 bits per heavy atom. The second-order valence-electron chi connectivity index (χ2n) is 8.65. The molecule has 8 nitrogen and oxygen atoms in total. The second kappa shape index (κ2) is 11.4. The molecule has 0 saturated heterocycles. The highest BCUT2D eigenvalue weighted by atomic mass is 16.5. The second-order valence-corrected chi connectivity index (χ2v) is 8.65. The third kappa shape index (κ3) is 6.97. The molecule has 0 aliphatic rings. The van der Waals surface area contributed by atoms with Gasteiger partial charge in [0.25, 0.3) is 0 Å². The van der Waals surface area contributed by atoms with Crippen molar-refractivity contribution in [2.24, 2.45) is 0 Å². The van der Waals surface area contributed by atoms with Gasteiger partial charge in [-0.1, -0.05) is 53.7 Å². The van der Waals surface area contributed by atoms with Gasteiger partial charge in [0, 0.05) is 37.2 Å². The summed E-state index contributed by atoms with van der Waals surface area (Å²) in [7, 11) is 3.93. The van der Waals surface area contributed by atoms with E-state index in [0.29, 0.717) is 36.8 Å². The first-order valence-electron chi connectivity index (χ1n) is 11.6. The van der Waals surface area contributed by atoms with Gasteiger partial charge < -0.3 is 20.1 Å². The van der Waals surface area contributed by atoms with E-state index in [-0.39, 0.29) is 18.2 Å². The van der Waals surface area contributed by atoms with Crippen LogP contribution in [0, 0.1) is 0 Å². The summed E-state index contributed by atoms with van der Waals surface area (Å²) in [6.45, 7) is 1.41. The van der Waals surface area contributed by atoms with Gasteiger partial charge in [0.05, 0.1) is 6.42 Å². The number of fused-ring (bicyclic) bond motifs is 1. The van der Waals surface area contributed by atoms with E-state index in [1.54, 1.807) is 12.1 Å². The van der Waals surface area contributed by atoms with Crippen LogP contribution in [0.1, 0.15) is 17.9 Å². The Labute approximate surface area is 204 Å². The van der Waals surface area contributed by atoms with E-state index < -0.39 is 0 Å². The van der Waals surface area contributed by atoms with E-state index in [0.717, 1.165) is 28.4 Å². The fourth-order valence-electron chi connectivity index (χ4n) is 3.62. The molecule has 3 aromatic carbocycles. The maximum absolute atomic E-state index is 12.4. The number of carbonyl (C=O) groups is 2. The first-order valence-corrected chi connectivity index (χ1v) is 11.6. The Kier molecular flexibility index (Phi) is 7.84. The smallest absolute Gasteiger partial charge is 0.227 e. The SMILES string of the molecule is CN(C)CCNC(=O)Cc1ccc(NC(=O)CCc2nc(-c3ccc4ccccc4c3)no2)cc1. The minimum absolute atomic E-state index is 0.0220. The van der Waals surface area contributed by atoms with Gasteiger partial charge >= 0.3 is 0 Å². The lowest BCUT2D eigenvalue weighted by Gasteiger charge is -2.10. The molecule has 2 N–H and O–H groups in total. The van der Waals surface area contributed by atoms with Crippen LogP contribution in [0.15, 0.2) is 71.3 Å². The number of likely N-dealkylation sites (N-methyl/N-ethyl adjacent to an activating group) is 1. The fraction of sp³-hybridized carbons (Fsp3) is 0.259. The summed E-state index contributed by atoms with van der Waals surface area (Å²) in [4.78, 5) is 30.8. The van der Waals surface area contributed by atoms with Crippen molar-refractivity contribution in [1.29, 1.82) is 0 Å². The average molecular weight is 472 g/mol. The number of hydrogen-bond donors (Lipinski definition) is 2. The Balaban J connectivity index is 1.25. The van der Waals surface area contributed by atoms with Gasteiger partial charge in [-0.05, 0) is 48.6 Å². The quantitative estimate of drug-likeness (QED) is 0.366. The lowest BCUT2D eigenvalue weighted by molar-refractivity contribution is -0.120. The van der Waals surface area contributed by atoms with Crippen molar-refractivity contribution in [2.75, 3.05) is 32.5 Å². The Hall–Kier alpha value is -4.04. The maximum atomic E-state index is 12.4. The normalized spacial score (nSPS) is 11.1. The van der Waals surface area contributed by atoms with Gasteiger partial charge in [-0.25, -0.2) is 0 Å². The largest absolute Gasteiger partial charge is 0.355 e. The van der Waals surface area contributed by atoms with Crippen LogP contribution in [0.4, 0.5) is 5.69 Å². The molecule has 1 heterocycles. The number of anilines is 1. The van der Waals surface area contributed by atoms with E-state index in [1.807, 2.05) is 67.5 Å². The number of nitrogens with zero attached hydrogens (tertiary/aromatic N) is 3. The van der Waals surface area contributed by atoms with Gasteiger partial charge in [-0.2, -0.15) is 4.98 Å². The van der Waals surface area contributed by atoms with Gasteiger partial charge in [-0.15, -0.1) is 0 Å². The van der Waals surface area contributed by atoms with E-state index in [9.17, 15) is 9.59 Å². The molecule has 4 rings (SSSR count). The van der Waals surface area contributed by atoms with Crippen LogP contribution in [-0.2, 0) is 22.4 Å². The van der Waals surface area contributed by atoms with Crippen LogP contribution in [0.5, 0.6) is 0 Å². The summed E-state index contributed by atoms with van der Waals surface area (Å²) in [5, 5.41) is 12.1. The number of benzene rings is 3. The molecule has 0 saturated carbocycles. The molecule has 35 heavy (non-hydrogen) atoms. The van der Waals surface area contributed by atoms with Crippen molar-refractivity contribution in [3.8, 4) is 11.4 Å². The standard InChI is InChI=1S/C27H29N5O3/c1-32(2)16-15-28-25(34)17-19-7-11-23(12-8-19)29-24(33)13-14-26-30-27(31-35-26)22-10-9-20-5-3-4-6-21(20)18-22/h3-12,18H,13-17H2,1-2H3,(H,28,34)(H,29,33). The molecule has 0 radical (unpaired) electrons. The molecule has 180 valence electrons. The first kappa shape index (κ1) is 24.1. The van der Waals surface area contributed by atoms with E-state index >= 15 is 0 Å². The van der Waals surface area contributed by atoms with Crippen LogP contribution >= 0.6 is 0 Å². The predicted molar refractivity (Wildman–Crippen MR) is 136 cm³/mol. The van der Waals surface area contributed by atoms with Gasteiger partial charge in [0.2, 0.25) is 23.5 Å². The summed E-state index contributed by atoms with van der Waals surface area (Å²) < 4.78 is 5.34. The number of hydrogen-bond acceptors (Lipinski definition) is 6. The van der Waals surface area contributed by atoms with Crippen LogP contribution in [0.25, 0.3) is 22.2 Å². The predicted octanol–water partition coefficient (Wildman–Crippen LogP) is 3.68. The van der Waals surface area contributed by atoms with Gasteiger partial charge in [0.1, 0.15) is 0 Å². The summed E-state index contributed by atoms with van der Waals surface area (Å²) in [6.07, 6.45) is 0.866. The van der Waals surface area contributed by atoms with Crippen molar-refractivity contribution < 1.29 is 14.1 Å². The Morgan fingerprint density at radius 3 is 2.49 bits per heavy atom. The highest BCUT2D eigenvalue weighted by Crippen LogP contribution is 2.22. The molecule has 0 aliphatic heterocycles. The Morgan fingerprint density at radius 2 is 1.71 bits per heavy atom. The van der Waals surface area contributed by atoms with Crippen molar-refractivity contribution in [2.45, 2.75) is 19.3 Å². The van der Waals surface area contributed by atoms with Gasteiger partial charge in [-0.3, -0.25) is 9.59 Å². The summed E-state index contributed by atoms with van der Waals surface area (Å²) in [6, 6.07) is 21.4. The monoisotopic (exact) mass is 471 g/mol. The van der Waals surface area contributed by atoms with Crippen molar-refractivity contribution in [1.82, 2.24) is 20.4 Å². The number of nitrogens with one attached hydrogen (secondary N) is 2. The summed E-state index contributed by atoms with van der Waals surface area (Å²) in [5.74, 6) is 0.752. The molecule has 0 aliphatic carbocycles. The maximum Gasteiger partial charge on any atom is 0.227 e. The van der Waals surface area contributed by atoms with Crippen LogP contribution in [-0.4, -0.2) is 54.0 Å². The number of amides is 2. The molecule has 1 aromatic heterocycles. The highest BCUT2D eigenvalue weighted by molar-refractivity contribution is 5.91. The average Bonchev–Trinajstić information content (AvgIpc) is 3.33. The van der Waals surface area contributed by atoms with Crippen LogP contribution in [0.2, 0.25) is 0 Å². The minimum atomic E-state index is -0.148. The third-order valence-corrected chi connectivity index (χ3v) is 5.53. The van der Waals surface area contributed by atoms with Crippen molar-refractivity contribution in [3.05, 3.63) is 78.2 Å². The lowest BCUT2D eigenvalue weighted by Crippen LogP contribution is -2.32. The minimum Gasteiger partial charge on any atom is -0.355 e. The molecule has 0 fully saturated rings. The van der Waals surface area contributed by atoms with E-state index in [4.69, 9.17) is 4.52 Å². The molecule has 8 heteroatoms. The van der Waals surface area contributed by atoms with E-state index in [2.05, 4.69) is 26.8 Å². The van der Waals surface area contributed by atoms with Crippen LogP contribution < -0.4 is 10.6 Å². The summed E-state index contributed by atoms with van der Waals surface area (Å²) in [5.41, 5.74) is 2.43. The molecule has 4 aromatic rings.